The molecule has 7 heteroatoms. The van der Waals surface area contributed by atoms with Crippen LogP contribution in [0.1, 0.15) is 21.5 Å². The smallest absolute Gasteiger partial charge is 0.344 e. The highest BCUT2D eigenvalue weighted by molar-refractivity contribution is 6.34. The van der Waals surface area contributed by atoms with Gasteiger partial charge in [-0.15, -0.1) is 0 Å². The molecule has 0 atom stereocenters. The standard InChI is InChI=1S/C13H17ClO6/c1-7-8(2)11(15)10(14)12(19-5-17-3)9(7)13(16)20-6-18-4/h15H,5-6H2,1-4H3. The van der Waals surface area contributed by atoms with Gasteiger partial charge in [-0.05, 0) is 25.0 Å². The Bertz CT molecular complexity index is 500. The van der Waals surface area contributed by atoms with Gasteiger partial charge in [-0.2, -0.15) is 0 Å². The Morgan fingerprint density at radius 1 is 1.15 bits per heavy atom. The molecule has 1 aromatic carbocycles. The molecule has 0 spiro atoms. The molecule has 0 radical (unpaired) electrons. The van der Waals surface area contributed by atoms with Crippen LogP contribution in [0.3, 0.4) is 0 Å². The molecular formula is C13H17ClO6. The number of phenols is 1. The predicted molar refractivity (Wildman–Crippen MR) is 72.4 cm³/mol. The number of esters is 1. The Balaban J connectivity index is 3.34. The highest BCUT2D eigenvalue weighted by Gasteiger charge is 2.25. The molecule has 0 unspecified atom stereocenters. The summed E-state index contributed by atoms with van der Waals surface area (Å²) >= 11 is 6.02. The highest BCUT2D eigenvalue weighted by Crippen LogP contribution is 2.42. The van der Waals surface area contributed by atoms with Crippen LogP contribution >= 0.6 is 11.6 Å². The molecule has 0 saturated carbocycles. The number of halogens is 1. The van der Waals surface area contributed by atoms with E-state index in [0.717, 1.165) is 0 Å². The molecule has 0 heterocycles. The van der Waals surface area contributed by atoms with E-state index in [0.29, 0.717) is 11.1 Å². The summed E-state index contributed by atoms with van der Waals surface area (Å²) in [6, 6.07) is 0. The maximum Gasteiger partial charge on any atom is 0.344 e. The third-order valence-corrected chi connectivity index (χ3v) is 3.11. The number of rotatable bonds is 6. The predicted octanol–water partition coefficient (Wildman–Crippen LogP) is 2.41. The normalized spacial score (nSPS) is 10.4. The third kappa shape index (κ3) is 3.33. The number of methoxy groups -OCH3 is 2. The second-order valence-corrected chi connectivity index (χ2v) is 4.38. The molecule has 0 amide bonds. The Hall–Kier alpha value is -1.50. The minimum atomic E-state index is -0.652. The van der Waals surface area contributed by atoms with Crippen molar-refractivity contribution in [1.29, 1.82) is 0 Å². The maximum absolute atomic E-state index is 12.1. The number of carbonyl (C=O) groups excluding carboxylic acids is 1. The van der Waals surface area contributed by atoms with Gasteiger partial charge in [-0.25, -0.2) is 4.79 Å². The van der Waals surface area contributed by atoms with Gasteiger partial charge in [0.2, 0.25) is 0 Å². The molecule has 0 bridgehead atoms. The molecule has 6 nitrogen and oxygen atoms in total. The monoisotopic (exact) mass is 304 g/mol. The Kier molecular flexibility index (Phi) is 6.06. The van der Waals surface area contributed by atoms with E-state index in [1.165, 1.54) is 14.2 Å². The van der Waals surface area contributed by atoms with Crippen molar-refractivity contribution < 1.29 is 28.8 Å². The summed E-state index contributed by atoms with van der Waals surface area (Å²) in [5.74, 6) is -0.769. The fourth-order valence-electron chi connectivity index (χ4n) is 1.60. The first-order valence-corrected chi connectivity index (χ1v) is 6.12. The summed E-state index contributed by atoms with van der Waals surface area (Å²) in [5, 5.41) is 9.86. The van der Waals surface area contributed by atoms with Crippen LogP contribution in [0.25, 0.3) is 0 Å². The second kappa shape index (κ2) is 7.33. The number of phenolic OH excluding ortho intramolecular Hbond substituents is 1. The van der Waals surface area contributed by atoms with E-state index < -0.39 is 5.97 Å². The van der Waals surface area contributed by atoms with E-state index in [1.54, 1.807) is 13.8 Å². The number of carbonyl (C=O) groups is 1. The van der Waals surface area contributed by atoms with Crippen molar-refractivity contribution in [3.05, 3.63) is 21.7 Å². The van der Waals surface area contributed by atoms with Gasteiger partial charge in [0.15, 0.2) is 19.3 Å². The number of hydrogen-bond acceptors (Lipinski definition) is 6. The lowest BCUT2D eigenvalue weighted by atomic mass is 10.0. The Morgan fingerprint density at radius 3 is 2.30 bits per heavy atom. The fourth-order valence-corrected chi connectivity index (χ4v) is 1.89. The lowest BCUT2D eigenvalue weighted by Gasteiger charge is -2.17. The topological polar surface area (TPSA) is 74.2 Å². The van der Waals surface area contributed by atoms with Crippen molar-refractivity contribution in [2.24, 2.45) is 0 Å². The Morgan fingerprint density at radius 2 is 1.75 bits per heavy atom. The molecule has 0 fully saturated rings. The lowest BCUT2D eigenvalue weighted by molar-refractivity contribution is -0.0133. The van der Waals surface area contributed by atoms with Gasteiger partial charge in [-0.3, -0.25) is 0 Å². The molecule has 1 rings (SSSR count). The quantitative estimate of drug-likeness (QED) is 0.642. The van der Waals surface area contributed by atoms with Gasteiger partial charge in [-0.1, -0.05) is 11.6 Å². The van der Waals surface area contributed by atoms with Crippen LogP contribution in [0, 0.1) is 13.8 Å². The summed E-state index contributed by atoms with van der Waals surface area (Å²) in [6.45, 7) is 2.99. The zero-order valence-electron chi connectivity index (χ0n) is 11.8. The maximum atomic E-state index is 12.1. The van der Waals surface area contributed by atoms with Crippen molar-refractivity contribution in [2.75, 3.05) is 27.8 Å². The average molecular weight is 305 g/mol. The third-order valence-electron chi connectivity index (χ3n) is 2.76. The average Bonchev–Trinajstić information content (AvgIpc) is 2.44. The zero-order chi connectivity index (χ0) is 15.3. The van der Waals surface area contributed by atoms with Crippen molar-refractivity contribution in [1.82, 2.24) is 0 Å². The van der Waals surface area contributed by atoms with Crippen molar-refractivity contribution in [2.45, 2.75) is 13.8 Å². The van der Waals surface area contributed by atoms with E-state index in [9.17, 15) is 9.90 Å². The number of benzene rings is 1. The number of aromatic hydroxyl groups is 1. The fraction of sp³-hybridized carbons (Fsp3) is 0.462. The van der Waals surface area contributed by atoms with Gasteiger partial charge >= 0.3 is 5.97 Å². The van der Waals surface area contributed by atoms with Gasteiger partial charge in [0.05, 0.1) is 0 Å². The lowest BCUT2D eigenvalue weighted by Crippen LogP contribution is -2.13. The first-order valence-electron chi connectivity index (χ1n) is 5.75. The SMILES string of the molecule is COCOC(=O)c1c(C)c(C)c(O)c(Cl)c1OCOC. The van der Waals surface area contributed by atoms with E-state index in [-0.39, 0.29) is 35.7 Å². The number of hydrogen-bond donors (Lipinski definition) is 1. The van der Waals surface area contributed by atoms with Crippen LogP contribution in [-0.2, 0) is 14.2 Å². The highest BCUT2D eigenvalue weighted by atomic mass is 35.5. The van der Waals surface area contributed by atoms with E-state index in [1.807, 2.05) is 0 Å². The zero-order valence-corrected chi connectivity index (χ0v) is 12.5. The van der Waals surface area contributed by atoms with Gasteiger partial charge in [0.25, 0.3) is 0 Å². The van der Waals surface area contributed by atoms with E-state index in [2.05, 4.69) is 4.74 Å². The van der Waals surface area contributed by atoms with Crippen molar-refractivity contribution in [3.63, 3.8) is 0 Å². The molecule has 0 aliphatic rings. The molecule has 0 saturated heterocycles. The molecule has 0 aliphatic heterocycles. The molecule has 0 aromatic heterocycles. The van der Waals surface area contributed by atoms with Crippen LogP contribution in [0.15, 0.2) is 0 Å². The summed E-state index contributed by atoms with van der Waals surface area (Å²) in [4.78, 5) is 12.1. The first kappa shape index (κ1) is 16.6. The molecule has 1 N–H and O–H groups in total. The molecule has 1 aromatic rings. The largest absolute Gasteiger partial charge is 0.506 e. The molecule has 0 aliphatic carbocycles. The molecular weight excluding hydrogens is 288 g/mol. The first-order chi connectivity index (χ1) is 9.45. The van der Waals surface area contributed by atoms with E-state index >= 15 is 0 Å². The number of ether oxygens (including phenoxy) is 4. The molecule has 112 valence electrons. The van der Waals surface area contributed by atoms with Crippen LogP contribution in [0.5, 0.6) is 11.5 Å². The summed E-state index contributed by atoms with van der Waals surface area (Å²) in [6.07, 6.45) is 0. The van der Waals surface area contributed by atoms with Crippen LogP contribution in [-0.4, -0.2) is 38.9 Å². The minimum Gasteiger partial charge on any atom is -0.506 e. The summed E-state index contributed by atoms with van der Waals surface area (Å²) in [7, 11) is 2.83. The van der Waals surface area contributed by atoms with Crippen LogP contribution in [0.2, 0.25) is 5.02 Å². The van der Waals surface area contributed by atoms with Crippen molar-refractivity contribution >= 4 is 17.6 Å². The minimum absolute atomic E-state index is 0.0234. The summed E-state index contributed by atoms with van der Waals surface area (Å²) in [5.41, 5.74) is 1.13. The Labute approximate surface area is 122 Å². The van der Waals surface area contributed by atoms with E-state index in [4.69, 9.17) is 25.8 Å². The van der Waals surface area contributed by atoms with Gasteiger partial charge in [0.1, 0.15) is 16.3 Å². The van der Waals surface area contributed by atoms with Crippen LogP contribution < -0.4 is 4.74 Å². The molecule has 20 heavy (non-hydrogen) atoms. The second-order valence-electron chi connectivity index (χ2n) is 4.01. The van der Waals surface area contributed by atoms with Gasteiger partial charge in [0, 0.05) is 14.2 Å². The van der Waals surface area contributed by atoms with Crippen molar-refractivity contribution in [3.8, 4) is 11.5 Å². The van der Waals surface area contributed by atoms with Crippen LogP contribution in [0.4, 0.5) is 0 Å². The van der Waals surface area contributed by atoms with Gasteiger partial charge < -0.3 is 24.1 Å². The summed E-state index contributed by atoms with van der Waals surface area (Å²) < 4.78 is 19.7.